The van der Waals surface area contributed by atoms with E-state index in [4.69, 9.17) is 9.47 Å². The van der Waals surface area contributed by atoms with Crippen LogP contribution in [-0.4, -0.2) is 68.3 Å². The van der Waals surface area contributed by atoms with E-state index >= 15 is 0 Å². The summed E-state index contributed by atoms with van der Waals surface area (Å²) < 4.78 is 11.4. The first kappa shape index (κ1) is 20.4. The lowest BCUT2D eigenvalue weighted by Crippen LogP contribution is -2.47. The molecule has 0 bridgehead atoms. The Hall–Kier alpha value is -2.37. The predicted octanol–water partition coefficient (Wildman–Crippen LogP) is 3.10. The minimum Gasteiger partial charge on any atom is -0.492 e. The van der Waals surface area contributed by atoms with Gasteiger partial charge in [-0.15, -0.1) is 0 Å². The Morgan fingerprint density at radius 3 is 2.54 bits per heavy atom. The third-order valence-corrected chi connectivity index (χ3v) is 5.16. The fourth-order valence-corrected chi connectivity index (χ4v) is 3.51. The van der Waals surface area contributed by atoms with Gasteiger partial charge in [0.1, 0.15) is 5.75 Å². The van der Waals surface area contributed by atoms with Crippen LogP contribution in [0, 0.1) is 0 Å². The second-order valence-corrected chi connectivity index (χ2v) is 7.26. The number of benzene rings is 2. The molecule has 0 N–H and O–H groups in total. The molecule has 0 aliphatic carbocycles. The lowest BCUT2D eigenvalue weighted by Gasteiger charge is -2.34. The fourth-order valence-electron chi connectivity index (χ4n) is 3.51. The first-order chi connectivity index (χ1) is 13.6. The molecule has 5 heteroatoms. The highest BCUT2D eigenvalue weighted by Gasteiger charge is 2.22. The molecule has 1 aliphatic heterocycles. The summed E-state index contributed by atoms with van der Waals surface area (Å²) in [7, 11) is 1.86. The Balaban J connectivity index is 1.58. The van der Waals surface area contributed by atoms with E-state index in [1.165, 1.54) is 5.56 Å². The van der Waals surface area contributed by atoms with Gasteiger partial charge >= 0.3 is 0 Å². The first-order valence-electron chi connectivity index (χ1n) is 9.98. The zero-order chi connectivity index (χ0) is 19.8. The molecule has 2 aromatic rings. The van der Waals surface area contributed by atoms with Crippen molar-refractivity contribution in [3.05, 3.63) is 65.7 Å². The van der Waals surface area contributed by atoms with Crippen molar-refractivity contribution in [1.29, 1.82) is 0 Å². The van der Waals surface area contributed by atoms with E-state index in [1.54, 1.807) is 4.90 Å². The molecule has 1 fully saturated rings. The number of rotatable bonds is 8. The molecule has 0 spiro atoms. The SMILES string of the molecule is CC(CN(C)C(=O)c1ccccc1OCCc1ccccc1)N1CCOCC1. The number of ether oxygens (including phenoxy) is 2. The van der Waals surface area contributed by atoms with Crippen molar-refractivity contribution < 1.29 is 14.3 Å². The van der Waals surface area contributed by atoms with E-state index in [0.29, 0.717) is 30.5 Å². The minimum atomic E-state index is -0.00424. The third kappa shape index (κ3) is 5.57. The van der Waals surface area contributed by atoms with Gasteiger partial charge in [-0.3, -0.25) is 9.69 Å². The fraction of sp³-hybridized carbons (Fsp3) is 0.435. The number of carbonyl (C=O) groups is 1. The van der Waals surface area contributed by atoms with Crippen molar-refractivity contribution in [1.82, 2.24) is 9.80 Å². The van der Waals surface area contributed by atoms with Crippen molar-refractivity contribution in [2.75, 3.05) is 46.5 Å². The number of hydrogen-bond donors (Lipinski definition) is 0. The number of amides is 1. The number of para-hydroxylation sites is 1. The molecule has 1 saturated heterocycles. The van der Waals surface area contributed by atoms with Crippen LogP contribution in [0.4, 0.5) is 0 Å². The van der Waals surface area contributed by atoms with Gasteiger partial charge in [-0.2, -0.15) is 0 Å². The first-order valence-corrected chi connectivity index (χ1v) is 9.98. The Morgan fingerprint density at radius 2 is 1.79 bits per heavy atom. The van der Waals surface area contributed by atoms with E-state index in [1.807, 2.05) is 49.5 Å². The van der Waals surface area contributed by atoms with Crippen LogP contribution < -0.4 is 4.74 Å². The summed E-state index contributed by atoms with van der Waals surface area (Å²) in [6.07, 6.45) is 0.813. The lowest BCUT2D eigenvalue weighted by molar-refractivity contribution is 0.0142. The monoisotopic (exact) mass is 382 g/mol. The maximum absolute atomic E-state index is 13.0. The van der Waals surface area contributed by atoms with Gasteiger partial charge < -0.3 is 14.4 Å². The molecule has 0 radical (unpaired) electrons. The highest BCUT2D eigenvalue weighted by Crippen LogP contribution is 2.20. The molecular weight excluding hydrogens is 352 g/mol. The van der Waals surface area contributed by atoms with Gasteiger partial charge in [-0.25, -0.2) is 0 Å². The van der Waals surface area contributed by atoms with Crippen LogP contribution in [0.3, 0.4) is 0 Å². The summed E-state index contributed by atoms with van der Waals surface area (Å²) in [5.74, 6) is 0.643. The average Bonchev–Trinajstić information content (AvgIpc) is 2.75. The van der Waals surface area contributed by atoms with E-state index in [0.717, 1.165) is 32.7 Å². The number of carbonyl (C=O) groups excluding carboxylic acids is 1. The van der Waals surface area contributed by atoms with E-state index < -0.39 is 0 Å². The van der Waals surface area contributed by atoms with Gasteiger partial charge in [0.2, 0.25) is 0 Å². The zero-order valence-electron chi connectivity index (χ0n) is 16.8. The molecule has 28 heavy (non-hydrogen) atoms. The van der Waals surface area contributed by atoms with E-state index in [9.17, 15) is 4.79 Å². The van der Waals surface area contributed by atoms with Crippen molar-refractivity contribution in [2.24, 2.45) is 0 Å². The largest absolute Gasteiger partial charge is 0.492 e. The van der Waals surface area contributed by atoms with Crippen LogP contribution in [0.1, 0.15) is 22.8 Å². The molecule has 2 aromatic carbocycles. The summed E-state index contributed by atoms with van der Waals surface area (Å²) in [5, 5.41) is 0. The van der Waals surface area contributed by atoms with Gasteiger partial charge in [0.05, 0.1) is 25.4 Å². The van der Waals surface area contributed by atoms with Gasteiger partial charge in [0.25, 0.3) is 5.91 Å². The van der Waals surface area contributed by atoms with Crippen LogP contribution in [-0.2, 0) is 11.2 Å². The normalized spacial score (nSPS) is 15.8. The van der Waals surface area contributed by atoms with Gasteiger partial charge in [-0.05, 0) is 24.6 Å². The van der Waals surface area contributed by atoms with E-state index in [-0.39, 0.29) is 5.91 Å². The van der Waals surface area contributed by atoms with Crippen LogP contribution >= 0.6 is 0 Å². The second kappa shape index (κ2) is 10.2. The number of morpholine rings is 1. The third-order valence-electron chi connectivity index (χ3n) is 5.16. The maximum atomic E-state index is 13.0. The van der Waals surface area contributed by atoms with Crippen LogP contribution in [0.25, 0.3) is 0 Å². The van der Waals surface area contributed by atoms with Gasteiger partial charge in [0, 0.05) is 39.1 Å². The van der Waals surface area contributed by atoms with Crippen LogP contribution in [0.2, 0.25) is 0 Å². The quantitative estimate of drug-likeness (QED) is 0.704. The average molecular weight is 383 g/mol. The maximum Gasteiger partial charge on any atom is 0.257 e. The van der Waals surface area contributed by atoms with Crippen molar-refractivity contribution in [3.63, 3.8) is 0 Å². The molecule has 1 atom stereocenters. The zero-order valence-corrected chi connectivity index (χ0v) is 16.8. The standard InChI is InChI=1S/C23H30N2O3/c1-19(25-13-16-27-17-14-25)18-24(2)23(26)21-10-6-7-11-22(21)28-15-12-20-8-4-3-5-9-20/h3-11,19H,12-18H2,1-2H3. The Labute approximate surface area is 167 Å². The molecule has 3 rings (SSSR count). The van der Waals surface area contributed by atoms with Gasteiger partial charge in [0.15, 0.2) is 0 Å². The molecule has 150 valence electrons. The highest BCUT2D eigenvalue weighted by atomic mass is 16.5. The Morgan fingerprint density at radius 1 is 1.11 bits per heavy atom. The number of nitrogens with zero attached hydrogens (tertiary/aromatic N) is 2. The molecule has 1 amide bonds. The summed E-state index contributed by atoms with van der Waals surface area (Å²) in [4.78, 5) is 17.2. The second-order valence-electron chi connectivity index (χ2n) is 7.26. The smallest absolute Gasteiger partial charge is 0.257 e. The molecule has 0 saturated carbocycles. The summed E-state index contributed by atoms with van der Waals surface area (Å²) in [6.45, 7) is 6.75. The molecular formula is C23H30N2O3. The van der Waals surface area contributed by atoms with Gasteiger partial charge in [-0.1, -0.05) is 42.5 Å². The van der Waals surface area contributed by atoms with Crippen LogP contribution in [0.5, 0.6) is 5.75 Å². The molecule has 1 unspecified atom stereocenters. The summed E-state index contributed by atoms with van der Waals surface area (Å²) in [6, 6.07) is 18.0. The van der Waals surface area contributed by atoms with Crippen molar-refractivity contribution >= 4 is 5.91 Å². The summed E-state index contributed by atoms with van der Waals surface area (Å²) in [5.41, 5.74) is 1.84. The Kier molecular flexibility index (Phi) is 7.46. The summed E-state index contributed by atoms with van der Waals surface area (Å²) >= 11 is 0. The van der Waals surface area contributed by atoms with Crippen LogP contribution in [0.15, 0.2) is 54.6 Å². The Bertz CT molecular complexity index is 745. The number of likely N-dealkylation sites (N-methyl/N-ethyl adjacent to an activating group) is 1. The lowest BCUT2D eigenvalue weighted by atomic mass is 10.1. The highest BCUT2D eigenvalue weighted by molar-refractivity contribution is 5.96. The van der Waals surface area contributed by atoms with E-state index in [2.05, 4.69) is 24.0 Å². The van der Waals surface area contributed by atoms with Crippen molar-refractivity contribution in [3.8, 4) is 5.75 Å². The number of hydrogen-bond acceptors (Lipinski definition) is 4. The van der Waals surface area contributed by atoms with Crippen molar-refractivity contribution in [2.45, 2.75) is 19.4 Å². The molecule has 1 heterocycles. The molecule has 5 nitrogen and oxygen atoms in total. The predicted molar refractivity (Wildman–Crippen MR) is 111 cm³/mol. The molecule has 0 aromatic heterocycles. The topological polar surface area (TPSA) is 42.0 Å². The molecule has 1 aliphatic rings. The minimum absolute atomic E-state index is 0.00424.